The number of carboxylic acid groups (broad SMARTS) is 1. The topological polar surface area (TPSA) is 147 Å². The number of carbonyl (C=O) groups excluding carboxylic acids is 2. The molecule has 1 aliphatic heterocycles. The Bertz CT molecular complexity index is 944. The summed E-state index contributed by atoms with van der Waals surface area (Å²) in [6.07, 6.45) is 4.93. The molecule has 0 radical (unpaired) electrons. The molecule has 166 valence electrons. The predicted molar refractivity (Wildman–Crippen MR) is 111 cm³/mol. The molecule has 4 N–H and O–H groups in total. The number of alkyl carbamates (subject to hydrolysis) is 1. The van der Waals surface area contributed by atoms with Crippen molar-refractivity contribution in [2.24, 2.45) is 0 Å². The minimum Gasteiger partial charge on any atom is -0.480 e. The molecule has 1 atom stereocenters. The van der Waals surface area contributed by atoms with Gasteiger partial charge < -0.3 is 25.8 Å². The van der Waals surface area contributed by atoms with Gasteiger partial charge in [0.2, 0.25) is 0 Å². The highest BCUT2D eigenvalue weighted by Crippen LogP contribution is 2.19. The van der Waals surface area contributed by atoms with Gasteiger partial charge in [0, 0.05) is 37.9 Å². The molecule has 1 aliphatic rings. The summed E-state index contributed by atoms with van der Waals surface area (Å²) in [5, 5.41) is 21.3. The van der Waals surface area contributed by atoms with Crippen LogP contribution in [0.2, 0.25) is 0 Å². The number of nitrogens with one attached hydrogen (secondary N) is 3. The summed E-state index contributed by atoms with van der Waals surface area (Å²) >= 11 is 0. The third-order valence-electron chi connectivity index (χ3n) is 4.78. The first-order valence-electron chi connectivity index (χ1n) is 10.2. The molecular weight excluding hydrogens is 404 g/mol. The van der Waals surface area contributed by atoms with Gasteiger partial charge in [0.05, 0.1) is 18.4 Å². The Kier molecular flexibility index (Phi) is 7.41. The number of amides is 2. The van der Waals surface area contributed by atoms with Crippen LogP contribution in [0.3, 0.4) is 0 Å². The number of rotatable bonds is 9. The minimum absolute atomic E-state index is 0.112. The average Bonchev–Trinajstić information content (AvgIpc) is 3.24. The molecule has 0 fully saturated rings. The minimum atomic E-state index is -1.30. The van der Waals surface area contributed by atoms with Crippen molar-refractivity contribution >= 4 is 23.8 Å². The number of aromatic nitrogens is 3. The zero-order chi connectivity index (χ0) is 22.2. The van der Waals surface area contributed by atoms with E-state index in [1.54, 1.807) is 17.8 Å². The Labute approximate surface area is 179 Å². The van der Waals surface area contributed by atoms with Crippen LogP contribution in [-0.2, 0) is 28.9 Å². The van der Waals surface area contributed by atoms with Crippen LogP contribution in [0.15, 0.2) is 24.5 Å². The number of aryl methyl sites for hydroxylation is 3. The molecule has 2 amide bonds. The van der Waals surface area contributed by atoms with Gasteiger partial charge >= 0.3 is 12.1 Å². The van der Waals surface area contributed by atoms with Gasteiger partial charge in [-0.2, -0.15) is 5.10 Å². The van der Waals surface area contributed by atoms with E-state index in [1.165, 1.54) is 11.8 Å². The average molecular weight is 430 g/mol. The Morgan fingerprint density at radius 1 is 1.35 bits per heavy atom. The van der Waals surface area contributed by atoms with Crippen LogP contribution in [0.1, 0.15) is 35.0 Å². The van der Waals surface area contributed by atoms with Gasteiger partial charge in [-0.3, -0.25) is 9.48 Å². The molecular formula is C20H26N6O5. The number of ether oxygens (including phenoxy) is 1. The molecule has 3 rings (SSSR count). The van der Waals surface area contributed by atoms with Crippen molar-refractivity contribution in [2.45, 2.75) is 38.8 Å². The van der Waals surface area contributed by atoms with E-state index in [4.69, 9.17) is 0 Å². The number of carbonyl (C=O) groups is 3. The van der Waals surface area contributed by atoms with Gasteiger partial charge in [-0.15, -0.1) is 0 Å². The highest BCUT2D eigenvalue weighted by Gasteiger charge is 2.22. The van der Waals surface area contributed by atoms with Crippen LogP contribution >= 0.6 is 0 Å². The van der Waals surface area contributed by atoms with Gasteiger partial charge in [-0.25, -0.2) is 14.6 Å². The Balaban J connectivity index is 1.50. The Morgan fingerprint density at radius 2 is 2.19 bits per heavy atom. The van der Waals surface area contributed by atoms with Crippen LogP contribution < -0.4 is 16.0 Å². The predicted octanol–water partition coefficient (Wildman–Crippen LogP) is 0.808. The zero-order valence-electron chi connectivity index (χ0n) is 17.3. The molecule has 0 bridgehead atoms. The van der Waals surface area contributed by atoms with Crippen molar-refractivity contribution in [1.29, 1.82) is 0 Å². The van der Waals surface area contributed by atoms with Gasteiger partial charge in [-0.1, -0.05) is 6.07 Å². The number of anilines is 1. The molecule has 2 aromatic rings. The summed E-state index contributed by atoms with van der Waals surface area (Å²) in [6.45, 7) is 2.90. The quantitative estimate of drug-likeness (QED) is 0.457. The van der Waals surface area contributed by atoms with Crippen LogP contribution in [-0.4, -0.2) is 63.6 Å². The number of aliphatic carboxylic acids is 1. The number of hydrogen-bond donors (Lipinski definition) is 4. The zero-order valence-corrected chi connectivity index (χ0v) is 17.3. The summed E-state index contributed by atoms with van der Waals surface area (Å²) in [7, 11) is 0. The normalized spacial score (nSPS) is 13.5. The number of hydrogen-bond acceptors (Lipinski definition) is 7. The first-order chi connectivity index (χ1) is 15.0. The van der Waals surface area contributed by atoms with Gasteiger partial charge in [0.15, 0.2) is 0 Å². The van der Waals surface area contributed by atoms with Crippen molar-refractivity contribution in [2.75, 3.05) is 25.0 Å². The second-order valence-electron chi connectivity index (χ2n) is 7.05. The third-order valence-corrected chi connectivity index (χ3v) is 4.78. The molecule has 2 aromatic heterocycles. The molecule has 11 heteroatoms. The molecule has 0 aliphatic carbocycles. The van der Waals surface area contributed by atoms with Crippen molar-refractivity contribution in [3.63, 3.8) is 0 Å². The number of fused-ring (bicyclic) bond motifs is 1. The monoisotopic (exact) mass is 430 g/mol. The lowest BCUT2D eigenvalue weighted by atomic mass is 10.1. The summed E-state index contributed by atoms with van der Waals surface area (Å²) in [5.74, 6) is -0.830. The van der Waals surface area contributed by atoms with E-state index in [1.807, 2.05) is 6.07 Å². The lowest BCUT2D eigenvalue weighted by Crippen LogP contribution is -2.48. The SMILES string of the molecule is CCOC(=O)NC(CNC(=O)c1cnn(CCc2ccc3c(n2)NCCC3)c1)C(=O)O. The first-order valence-corrected chi connectivity index (χ1v) is 10.2. The van der Waals surface area contributed by atoms with Crippen molar-refractivity contribution in [1.82, 2.24) is 25.4 Å². The van der Waals surface area contributed by atoms with Gasteiger partial charge in [0.1, 0.15) is 11.9 Å². The van der Waals surface area contributed by atoms with E-state index in [2.05, 4.69) is 36.8 Å². The molecule has 0 spiro atoms. The maximum Gasteiger partial charge on any atom is 0.407 e. The molecule has 0 aromatic carbocycles. The fourth-order valence-electron chi connectivity index (χ4n) is 3.15. The molecule has 0 saturated heterocycles. The fourth-order valence-corrected chi connectivity index (χ4v) is 3.15. The molecule has 3 heterocycles. The first kappa shape index (κ1) is 22.1. The lowest BCUT2D eigenvalue weighted by Gasteiger charge is -2.17. The number of nitrogens with zero attached hydrogens (tertiary/aromatic N) is 3. The molecule has 31 heavy (non-hydrogen) atoms. The maximum atomic E-state index is 12.3. The third kappa shape index (κ3) is 6.17. The van der Waals surface area contributed by atoms with E-state index < -0.39 is 24.0 Å². The summed E-state index contributed by atoms with van der Waals surface area (Å²) in [4.78, 5) is 39.6. The lowest BCUT2D eigenvalue weighted by molar-refractivity contribution is -0.139. The maximum absolute atomic E-state index is 12.3. The second-order valence-corrected chi connectivity index (χ2v) is 7.05. The smallest absolute Gasteiger partial charge is 0.407 e. The summed E-state index contributed by atoms with van der Waals surface area (Å²) in [6, 6.07) is 2.79. The van der Waals surface area contributed by atoms with Crippen LogP contribution in [0.5, 0.6) is 0 Å². The van der Waals surface area contributed by atoms with Crippen LogP contribution in [0.25, 0.3) is 0 Å². The largest absolute Gasteiger partial charge is 0.480 e. The van der Waals surface area contributed by atoms with E-state index in [0.717, 1.165) is 30.9 Å². The molecule has 1 unspecified atom stereocenters. The number of carboxylic acids is 1. The van der Waals surface area contributed by atoms with Gasteiger partial charge in [-0.05, 0) is 31.4 Å². The Hall–Kier alpha value is -3.63. The standard InChI is InChI=1S/C20H26N6O5/c1-2-31-20(30)25-16(19(28)29)11-22-18(27)14-10-23-26(12-14)9-7-15-6-5-13-4-3-8-21-17(13)24-15/h5-6,10,12,16H,2-4,7-9,11H2,1H3,(H,21,24)(H,22,27)(H,25,30)(H,28,29). The number of pyridine rings is 1. The van der Waals surface area contributed by atoms with Crippen molar-refractivity contribution in [3.05, 3.63) is 41.3 Å². The summed E-state index contributed by atoms with van der Waals surface area (Å²) in [5.41, 5.74) is 2.45. The summed E-state index contributed by atoms with van der Waals surface area (Å²) < 4.78 is 6.30. The van der Waals surface area contributed by atoms with Crippen LogP contribution in [0, 0.1) is 0 Å². The highest BCUT2D eigenvalue weighted by molar-refractivity contribution is 5.94. The molecule has 11 nitrogen and oxygen atoms in total. The van der Waals surface area contributed by atoms with Crippen LogP contribution in [0.4, 0.5) is 10.6 Å². The fraction of sp³-hybridized carbons (Fsp3) is 0.450. The highest BCUT2D eigenvalue weighted by atomic mass is 16.5. The second kappa shape index (κ2) is 10.4. The van der Waals surface area contributed by atoms with E-state index in [-0.39, 0.29) is 13.2 Å². The Morgan fingerprint density at radius 3 is 2.97 bits per heavy atom. The van der Waals surface area contributed by atoms with Crippen molar-refractivity contribution < 1.29 is 24.2 Å². The van der Waals surface area contributed by atoms with Crippen molar-refractivity contribution in [3.8, 4) is 0 Å². The van der Waals surface area contributed by atoms with E-state index in [9.17, 15) is 19.5 Å². The van der Waals surface area contributed by atoms with Gasteiger partial charge in [0.25, 0.3) is 5.91 Å². The van der Waals surface area contributed by atoms with E-state index >= 15 is 0 Å². The van der Waals surface area contributed by atoms with E-state index in [0.29, 0.717) is 18.5 Å². The molecule has 0 saturated carbocycles.